The fraction of sp³-hybridized carbons (Fsp3) is 0.478. The third-order valence-corrected chi connectivity index (χ3v) is 5.34. The van der Waals surface area contributed by atoms with Crippen LogP contribution >= 0.6 is 11.6 Å². The van der Waals surface area contributed by atoms with Gasteiger partial charge in [-0.15, -0.1) is 0 Å². The topological polar surface area (TPSA) is 69.0 Å². The summed E-state index contributed by atoms with van der Waals surface area (Å²) in [5.41, 5.74) is 2.91. The molecule has 0 aromatic carbocycles. The van der Waals surface area contributed by atoms with E-state index >= 15 is 0 Å². The van der Waals surface area contributed by atoms with E-state index in [2.05, 4.69) is 26.3 Å². The SMILES string of the molecule is C/C(=N\OCC(C)(C)CO/N=C1\CCCc2ccc(C)nc21)c1ncc(C(F)(F)F)cc1Cl. The van der Waals surface area contributed by atoms with Gasteiger partial charge in [-0.05, 0) is 50.8 Å². The van der Waals surface area contributed by atoms with Crippen LogP contribution in [0.25, 0.3) is 0 Å². The van der Waals surface area contributed by atoms with Crippen molar-refractivity contribution in [1.82, 2.24) is 9.97 Å². The Morgan fingerprint density at radius 2 is 1.88 bits per heavy atom. The minimum Gasteiger partial charge on any atom is -0.395 e. The minimum absolute atomic E-state index is 0.129. The Balaban J connectivity index is 1.57. The second-order valence-corrected chi connectivity index (χ2v) is 9.20. The van der Waals surface area contributed by atoms with E-state index in [9.17, 15) is 13.2 Å². The summed E-state index contributed by atoms with van der Waals surface area (Å²) in [7, 11) is 0. The Morgan fingerprint density at radius 1 is 1.15 bits per heavy atom. The Bertz CT molecular complexity index is 1070. The number of aryl methyl sites for hydroxylation is 2. The summed E-state index contributed by atoms with van der Waals surface area (Å²) in [4.78, 5) is 19.4. The predicted octanol–water partition coefficient (Wildman–Crippen LogP) is 5.98. The van der Waals surface area contributed by atoms with Gasteiger partial charge in [-0.2, -0.15) is 13.2 Å². The Morgan fingerprint density at radius 3 is 2.58 bits per heavy atom. The van der Waals surface area contributed by atoms with Gasteiger partial charge in [-0.1, -0.05) is 41.8 Å². The van der Waals surface area contributed by atoms with Crippen LogP contribution in [0.15, 0.2) is 34.7 Å². The van der Waals surface area contributed by atoms with E-state index in [1.165, 1.54) is 5.56 Å². The number of pyridine rings is 2. The van der Waals surface area contributed by atoms with Gasteiger partial charge in [0.15, 0.2) is 0 Å². The van der Waals surface area contributed by atoms with Crippen LogP contribution in [0.1, 0.15) is 61.8 Å². The van der Waals surface area contributed by atoms with Crippen LogP contribution in [0.5, 0.6) is 0 Å². The zero-order chi connectivity index (χ0) is 24.2. The third kappa shape index (κ3) is 6.66. The van der Waals surface area contributed by atoms with Gasteiger partial charge >= 0.3 is 6.18 Å². The molecule has 0 N–H and O–H groups in total. The van der Waals surface area contributed by atoms with Crippen molar-refractivity contribution in [2.24, 2.45) is 15.7 Å². The highest BCUT2D eigenvalue weighted by molar-refractivity contribution is 6.33. The van der Waals surface area contributed by atoms with Crippen molar-refractivity contribution in [3.05, 3.63) is 57.6 Å². The van der Waals surface area contributed by atoms with E-state index < -0.39 is 17.2 Å². The smallest absolute Gasteiger partial charge is 0.395 e. The number of halogens is 4. The second kappa shape index (κ2) is 10.1. The molecule has 0 spiro atoms. The number of alkyl halides is 3. The summed E-state index contributed by atoms with van der Waals surface area (Å²) in [5, 5.41) is 8.13. The van der Waals surface area contributed by atoms with Crippen molar-refractivity contribution >= 4 is 23.0 Å². The van der Waals surface area contributed by atoms with Crippen molar-refractivity contribution in [2.75, 3.05) is 13.2 Å². The molecule has 1 aliphatic rings. The molecule has 3 rings (SSSR count). The van der Waals surface area contributed by atoms with E-state index in [1.54, 1.807) is 6.92 Å². The summed E-state index contributed by atoms with van der Waals surface area (Å²) in [6, 6.07) is 4.90. The first-order valence-corrected chi connectivity index (χ1v) is 10.9. The lowest BCUT2D eigenvalue weighted by Gasteiger charge is -2.22. The summed E-state index contributed by atoms with van der Waals surface area (Å²) < 4.78 is 38.3. The first-order chi connectivity index (χ1) is 15.5. The van der Waals surface area contributed by atoms with Gasteiger partial charge in [-0.25, -0.2) is 0 Å². The zero-order valence-electron chi connectivity index (χ0n) is 19.0. The van der Waals surface area contributed by atoms with Gasteiger partial charge in [0.2, 0.25) is 0 Å². The van der Waals surface area contributed by atoms with Gasteiger partial charge in [0.25, 0.3) is 0 Å². The van der Waals surface area contributed by atoms with Crippen LogP contribution in [0.2, 0.25) is 5.02 Å². The maximum absolute atomic E-state index is 12.8. The fourth-order valence-electron chi connectivity index (χ4n) is 3.22. The van der Waals surface area contributed by atoms with Crippen LogP contribution in [-0.2, 0) is 22.3 Å². The highest BCUT2D eigenvalue weighted by Gasteiger charge is 2.32. The number of nitrogens with zero attached hydrogens (tertiary/aromatic N) is 4. The lowest BCUT2D eigenvalue weighted by atomic mass is 9.94. The van der Waals surface area contributed by atoms with E-state index in [0.29, 0.717) is 0 Å². The van der Waals surface area contributed by atoms with Crippen LogP contribution in [0.3, 0.4) is 0 Å². The molecule has 0 radical (unpaired) electrons. The molecule has 2 aromatic rings. The molecular formula is C23H26ClF3N4O2. The first kappa shape index (κ1) is 25.0. The second-order valence-electron chi connectivity index (χ2n) is 8.79. The number of rotatable bonds is 7. The van der Waals surface area contributed by atoms with Crippen molar-refractivity contribution in [2.45, 2.75) is 53.1 Å². The molecule has 0 unspecified atom stereocenters. The third-order valence-electron chi connectivity index (χ3n) is 5.05. The van der Waals surface area contributed by atoms with Gasteiger partial charge in [0.05, 0.1) is 16.3 Å². The number of fused-ring (bicyclic) bond motifs is 1. The van der Waals surface area contributed by atoms with Crippen LogP contribution in [0.4, 0.5) is 13.2 Å². The molecule has 0 bridgehead atoms. The molecule has 1 aliphatic carbocycles. The van der Waals surface area contributed by atoms with Crippen LogP contribution in [0, 0.1) is 12.3 Å². The molecule has 6 nitrogen and oxygen atoms in total. The summed E-state index contributed by atoms with van der Waals surface area (Å²) >= 11 is 5.95. The molecule has 2 heterocycles. The number of aromatic nitrogens is 2. The first-order valence-electron chi connectivity index (χ1n) is 10.5. The van der Waals surface area contributed by atoms with Crippen molar-refractivity contribution in [3.8, 4) is 0 Å². The van der Waals surface area contributed by atoms with Crippen LogP contribution < -0.4 is 0 Å². The quantitative estimate of drug-likeness (QED) is 0.359. The monoisotopic (exact) mass is 482 g/mol. The molecule has 0 saturated carbocycles. The number of hydrogen-bond donors (Lipinski definition) is 0. The predicted molar refractivity (Wildman–Crippen MR) is 121 cm³/mol. The lowest BCUT2D eigenvalue weighted by Crippen LogP contribution is -2.24. The molecule has 10 heteroatoms. The van der Waals surface area contributed by atoms with Crippen molar-refractivity contribution in [1.29, 1.82) is 0 Å². The average Bonchev–Trinajstić information content (AvgIpc) is 2.73. The van der Waals surface area contributed by atoms with E-state index in [1.807, 2.05) is 26.8 Å². The summed E-state index contributed by atoms with van der Waals surface area (Å²) in [6.07, 6.45) is -1.00. The zero-order valence-corrected chi connectivity index (χ0v) is 19.7. The summed E-state index contributed by atoms with van der Waals surface area (Å²) in [6.45, 7) is 7.85. The Hall–Kier alpha value is -2.68. The Kier molecular flexibility index (Phi) is 7.62. The maximum atomic E-state index is 12.8. The van der Waals surface area contributed by atoms with Gasteiger partial charge in [0.1, 0.15) is 30.3 Å². The maximum Gasteiger partial charge on any atom is 0.417 e. The molecule has 178 valence electrons. The minimum atomic E-state index is -4.52. The largest absolute Gasteiger partial charge is 0.417 e. The summed E-state index contributed by atoms with van der Waals surface area (Å²) in [5.74, 6) is 0. The lowest BCUT2D eigenvalue weighted by molar-refractivity contribution is -0.137. The van der Waals surface area contributed by atoms with E-state index in [4.69, 9.17) is 21.3 Å². The number of hydrogen-bond acceptors (Lipinski definition) is 6. The molecule has 0 atom stereocenters. The molecule has 0 aliphatic heterocycles. The Labute approximate surface area is 195 Å². The molecule has 0 fully saturated rings. The van der Waals surface area contributed by atoms with Gasteiger partial charge < -0.3 is 9.68 Å². The fourth-order valence-corrected chi connectivity index (χ4v) is 3.53. The normalized spacial score (nSPS) is 16.0. The van der Waals surface area contributed by atoms with Crippen molar-refractivity contribution < 1.29 is 22.8 Å². The van der Waals surface area contributed by atoms with E-state index in [-0.39, 0.29) is 29.6 Å². The van der Waals surface area contributed by atoms with Gasteiger partial charge in [-0.3, -0.25) is 9.97 Å². The molecular weight excluding hydrogens is 457 g/mol. The van der Waals surface area contributed by atoms with Crippen LogP contribution in [-0.4, -0.2) is 34.6 Å². The molecule has 33 heavy (non-hydrogen) atoms. The molecule has 2 aromatic heterocycles. The van der Waals surface area contributed by atoms with Crippen molar-refractivity contribution in [3.63, 3.8) is 0 Å². The highest BCUT2D eigenvalue weighted by Crippen LogP contribution is 2.31. The highest BCUT2D eigenvalue weighted by atomic mass is 35.5. The van der Waals surface area contributed by atoms with E-state index in [0.717, 1.165) is 48.6 Å². The number of oxime groups is 2. The van der Waals surface area contributed by atoms with Gasteiger partial charge in [0, 0.05) is 17.3 Å². The molecule has 0 amide bonds. The standard InChI is InChI=1S/C23H26ClF3N4O2/c1-14-8-9-16-6-5-7-19(21(16)29-14)31-33-13-22(3,4)12-32-30-15(2)20-18(24)10-17(11-28-20)23(25,26)27/h8-11H,5-7,12-13H2,1-4H3/b30-15+,31-19+. The molecule has 0 saturated heterocycles. The average molecular weight is 483 g/mol.